The average Bonchev–Trinajstić information content (AvgIpc) is 3.04. The number of benzene rings is 1. The first-order valence-corrected chi connectivity index (χ1v) is 7.64. The number of nitrogens with one attached hydrogen (secondary N) is 1. The molecule has 0 saturated carbocycles. The lowest BCUT2D eigenvalue weighted by Crippen LogP contribution is -2.39. The standard InChI is InChI=1S/C17H18N2O6/c1-10(2)18-16(20)11(3)24-17(21)15-9-8-14(25-15)12-4-6-13(7-5-12)19(22)23/h4-11H,1-3H3,(H,18,20)/t11-/m1/s1. The van der Waals surface area contributed by atoms with E-state index in [1.165, 1.54) is 37.3 Å². The van der Waals surface area contributed by atoms with Crippen molar-refractivity contribution in [3.63, 3.8) is 0 Å². The molecule has 0 saturated heterocycles. The number of nitro benzene ring substituents is 1. The van der Waals surface area contributed by atoms with Crippen molar-refractivity contribution in [3.8, 4) is 11.3 Å². The van der Waals surface area contributed by atoms with Crippen LogP contribution in [-0.2, 0) is 9.53 Å². The van der Waals surface area contributed by atoms with Gasteiger partial charge >= 0.3 is 5.97 Å². The maximum Gasteiger partial charge on any atom is 0.375 e. The van der Waals surface area contributed by atoms with E-state index < -0.39 is 22.9 Å². The van der Waals surface area contributed by atoms with E-state index in [9.17, 15) is 19.7 Å². The lowest BCUT2D eigenvalue weighted by atomic mass is 10.1. The molecule has 0 spiro atoms. The van der Waals surface area contributed by atoms with Crippen LogP contribution in [0.25, 0.3) is 11.3 Å². The van der Waals surface area contributed by atoms with E-state index in [0.29, 0.717) is 11.3 Å². The van der Waals surface area contributed by atoms with Crippen molar-refractivity contribution in [1.82, 2.24) is 5.32 Å². The third kappa shape index (κ3) is 4.66. The fraction of sp³-hybridized carbons (Fsp3) is 0.294. The molecule has 8 heteroatoms. The van der Waals surface area contributed by atoms with Crippen molar-refractivity contribution in [2.45, 2.75) is 32.9 Å². The average molecular weight is 346 g/mol. The van der Waals surface area contributed by atoms with Crippen LogP contribution in [0.2, 0.25) is 0 Å². The lowest BCUT2D eigenvalue weighted by molar-refractivity contribution is -0.384. The molecule has 1 amide bonds. The summed E-state index contributed by atoms with van der Waals surface area (Å²) in [7, 11) is 0. The number of hydrogen-bond donors (Lipinski definition) is 1. The highest BCUT2D eigenvalue weighted by Crippen LogP contribution is 2.25. The summed E-state index contributed by atoms with van der Waals surface area (Å²) >= 11 is 0. The predicted octanol–water partition coefficient (Wildman–Crippen LogP) is 2.92. The lowest BCUT2D eigenvalue weighted by Gasteiger charge is -2.14. The van der Waals surface area contributed by atoms with E-state index in [4.69, 9.17) is 9.15 Å². The zero-order valence-electron chi connectivity index (χ0n) is 14.0. The molecule has 1 aromatic carbocycles. The second-order valence-corrected chi connectivity index (χ2v) is 5.68. The summed E-state index contributed by atoms with van der Waals surface area (Å²) in [6.07, 6.45) is -0.956. The van der Waals surface area contributed by atoms with Gasteiger partial charge in [0.05, 0.1) is 4.92 Å². The third-order valence-corrected chi connectivity index (χ3v) is 3.25. The normalized spacial score (nSPS) is 11.8. The molecule has 0 radical (unpaired) electrons. The minimum Gasteiger partial charge on any atom is -0.449 e. The smallest absolute Gasteiger partial charge is 0.375 e. The molecule has 2 aromatic rings. The summed E-state index contributed by atoms with van der Waals surface area (Å²) in [5, 5.41) is 13.3. The first-order chi connectivity index (χ1) is 11.8. The Balaban J connectivity index is 2.06. The van der Waals surface area contributed by atoms with E-state index >= 15 is 0 Å². The van der Waals surface area contributed by atoms with E-state index in [-0.39, 0.29) is 17.5 Å². The number of non-ortho nitro benzene ring substituents is 1. The van der Waals surface area contributed by atoms with Gasteiger partial charge in [0.25, 0.3) is 11.6 Å². The first-order valence-electron chi connectivity index (χ1n) is 7.64. The number of rotatable bonds is 6. The number of furan rings is 1. The van der Waals surface area contributed by atoms with Crippen LogP contribution >= 0.6 is 0 Å². The maximum atomic E-state index is 12.0. The minimum absolute atomic E-state index is 0.0417. The monoisotopic (exact) mass is 346 g/mol. The van der Waals surface area contributed by atoms with Crippen LogP contribution in [0.3, 0.4) is 0 Å². The van der Waals surface area contributed by atoms with Gasteiger partial charge in [0.15, 0.2) is 6.10 Å². The number of hydrogen-bond acceptors (Lipinski definition) is 6. The van der Waals surface area contributed by atoms with Crippen molar-refractivity contribution in [2.24, 2.45) is 0 Å². The van der Waals surface area contributed by atoms with E-state index in [2.05, 4.69) is 5.32 Å². The molecule has 132 valence electrons. The van der Waals surface area contributed by atoms with Gasteiger partial charge in [0.2, 0.25) is 5.76 Å². The van der Waals surface area contributed by atoms with Crippen molar-refractivity contribution >= 4 is 17.6 Å². The van der Waals surface area contributed by atoms with Gasteiger partial charge in [0, 0.05) is 23.7 Å². The van der Waals surface area contributed by atoms with Gasteiger partial charge in [-0.2, -0.15) is 0 Å². The van der Waals surface area contributed by atoms with Gasteiger partial charge < -0.3 is 14.5 Å². The highest BCUT2D eigenvalue weighted by atomic mass is 16.6. The molecule has 0 aliphatic rings. The van der Waals surface area contributed by atoms with Crippen molar-refractivity contribution in [2.75, 3.05) is 0 Å². The summed E-state index contributed by atoms with van der Waals surface area (Å²) in [5.74, 6) is -0.858. The van der Waals surface area contributed by atoms with Gasteiger partial charge in [-0.3, -0.25) is 14.9 Å². The van der Waals surface area contributed by atoms with E-state index in [1.807, 2.05) is 0 Å². The van der Waals surface area contributed by atoms with Crippen LogP contribution in [0.1, 0.15) is 31.3 Å². The van der Waals surface area contributed by atoms with Crippen LogP contribution < -0.4 is 5.32 Å². The number of carbonyl (C=O) groups excluding carboxylic acids is 2. The molecule has 1 N–H and O–H groups in total. The Kier molecular flexibility index (Phi) is 5.53. The van der Waals surface area contributed by atoms with Gasteiger partial charge in [-0.1, -0.05) is 0 Å². The Morgan fingerprint density at radius 2 is 1.76 bits per heavy atom. The van der Waals surface area contributed by atoms with Gasteiger partial charge in [-0.25, -0.2) is 4.79 Å². The second-order valence-electron chi connectivity index (χ2n) is 5.68. The maximum absolute atomic E-state index is 12.0. The van der Waals surface area contributed by atoms with Crippen LogP contribution in [0, 0.1) is 10.1 Å². The Labute approximate surface area is 143 Å². The number of ether oxygens (including phenoxy) is 1. The predicted molar refractivity (Wildman–Crippen MR) is 89.0 cm³/mol. The van der Waals surface area contributed by atoms with E-state index in [1.54, 1.807) is 19.9 Å². The van der Waals surface area contributed by atoms with Crippen LogP contribution in [0.4, 0.5) is 5.69 Å². The Bertz CT molecular complexity index is 779. The Hall–Kier alpha value is -3.16. The SMILES string of the molecule is CC(C)NC(=O)[C@@H](C)OC(=O)c1ccc(-c2ccc([N+](=O)[O-])cc2)o1. The van der Waals surface area contributed by atoms with Gasteiger partial charge in [0.1, 0.15) is 5.76 Å². The van der Waals surface area contributed by atoms with Crippen molar-refractivity contribution in [1.29, 1.82) is 0 Å². The molecular weight excluding hydrogens is 328 g/mol. The highest BCUT2D eigenvalue weighted by molar-refractivity contribution is 5.90. The summed E-state index contributed by atoms with van der Waals surface area (Å²) in [5.41, 5.74) is 0.537. The first kappa shape index (κ1) is 18.2. The topological polar surface area (TPSA) is 112 Å². The van der Waals surface area contributed by atoms with Crippen LogP contribution in [0.15, 0.2) is 40.8 Å². The fourth-order valence-corrected chi connectivity index (χ4v) is 2.02. The summed E-state index contributed by atoms with van der Waals surface area (Å²) in [6.45, 7) is 5.07. The third-order valence-electron chi connectivity index (χ3n) is 3.25. The molecule has 0 unspecified atom stereocenters. The molecule has 1 heterocycles. The zero-order valence-corrected chi connectivity index (χ0v) is 14.0. The van der Waals surface area contributed by atoms with E-state index in [0.717, 1.165) is 0 Å². The molecule has 0 fully saturated rings. The number of nitro groups is 1. The zero-order chi connectivity index (χ0) is 18.6. The Morgan fingerprint density at radius 3 is 2.32 bits per heavy atom. The Morgan fingerprint density at radius 1 is 1.12 bits per heavy atom. The largest absolute Gasteiger partial charge is 0.449 e. The molecule has 0 bridgehead atoms. The number of amides is 1. The van der Waals surface area contributed by atoms with Gasteiger partial charge in [-0.05, 0) is 45.0 Å². The van der Waals surface area contributed by atoms with Crippen molar-refractivity contribution < 1.29 is 23.7 Å². The molecule has 0 aliphatic heterocycles. The molecule has 1 aromatic heterocycles. The second kappa shape index (κ2) is 7.61. The number of esters is 1. The number of nitrogens with zero attached hydrogens (tertiary/aromatic N) is 1. The molecular formula is C17H18N2O6. The number of carbonyl (C=O) groups is 2. The molecule has 1 atom stereocenters. The quantitative estimate of drug-likeness (QED) is 0.489. The van der Waals surface area contributed by atoms with Crippen molar-refractivity contribution in [3.05, 3.63) is 52.3 Å². The summed E-state index contributed by atoms with van der Waals surface area (Å²) < 4.78 is 10.5. The van der Waals surface area contributed by atoms with Crippen LogP contribution in [-0.4, -0.2) is 28.9 Å². The molecule has 0 aliphatic carbocycles. The van der Waals surface area contributed by atoms with Crippen LogP contribution in [0.5, 0.6) is 0 Å². The summed E-state index contributed by atoms with van der Waals surface area (Å²) in [6, 6.07) is 8.63. The molecule has 2 rings (SSSR count). The summed E-state index contributed by atoms with van der Waals surface area (Å²) in [4.78, 5) is 34.0. The van der Waals surface area contributed by atoms with Gasteiger partial charge in [-0.15, -0.1) is 0 Å². The molecule has 25 heavy (non-hydrogen) atoms. The molecule has 8 nitrogen and oxygen atoms in total. The highest BCUT2D eigenvalue weighted by Gasteiger charge is 2.21. The fourth-order valence-electron chi connectivity index (χ4n) is 2.02. The minimum atomic E-state index is -0.956.